The Morgan fingerprint density at radius 3 is 2.38 bits per heavy atom. The third-order valence-electron chi connectivity index (χ3n) is 1.88. The summed E-state index contributed by atoms with van der Waals surface area (Å²) in [6.45, 7) is 0. The molecular weight excluding hydrogens is 178 g/mol. The van der Waals surface area contributed by atoms with Gasteiger partial charge in [0.05, 0.1) is 10.6 Å². The summed E-state index contributed by atoms with van der Waals surface area (Å²) in [5, 5.41) is 0. The van der Waals surface area contributed by atoms with E-state index in [0.717, 1.165) is 16.1 Å². The van der Waals surface area contributed by atoms with E-state index >= 15 is 0 Å². The van der Waals surface area contributed by atoms with Crippen LogP contribution in [0.2, 0.25) is 0 Å². The molecule has 1 heterocycles. The highest BCUT2D eigenvalue weighted by atomic mass is 32.1. The van der Waals surface area contributed by atoms with Crippen molar-refractivity contribution in [2.75, 3.05) is 0 Å². The van der Waals surface area contributed by atoms with Crippen LogP contribution in [0.15, 0.2) is 48.7 Å². The summed E-state index contributed by atoms with van der Waals surface area (Å²) >= 11 is 5.31. The fraction of sp³-hybridized carbons (Fsp3) is 0. The molecule has 2 rings (SSSR count). The lowest BCUT2D eigenvalue weighted by Gasteiger charge is -1.99. The standard InChI is InChI=1S/C11H9NS/c13-11(10-7-4-8-12-10)9-5-2-1-3-6-9/h1-8,12H. The largest absolute Gasteiger partial charge is 0.360 e. The molecule has 0 saturated heterocycles. The summed E-state index contributed by atoms with van der Waals surface area (Å²) in [5.74, 6) is 0. The quantitative estimate of drug-likeness (QED) is 0.564. The van der Waals surface area contributed by atoms with Crippen molar-refractivity contribution in [1.29, 1.82) is 0 Å². The normalized spacial score (nSPS) is 9.85. The number of hydrogen-bond donors (Lipinski definition) is 1. The number of aromatic nitrogens is 1. The minimum absolute atomic E-state index is 0.866. The molecule has 0 radical (unpaired) electrons. The Kier molecular flexibility index (Phi) is 2.23. The van der Waals surface area contributed by atoms with Gasteiger partial charge in [0.2, 0.25) is 0 Å². The predicted octanol–water partition coefficient (Wildman–Crippen LogP) is 2.78. The van der Waals surface area contributed by atoms with Gasteiger partial charge in [-0.25, -0.2) is 0 Å². The SMILES string of the molecule is S=C(c1ccccc1)c1ccc[nH]1. The molecule has 0 fully saturated rings. The van der Waals surface area contributed by atoms with Crippen LogP contribution < -0.4 is 0 Å². The van der Waals surface area contributed by atoms with Crippen LogP contribution in [0.4, 0.5) is 0 Å². The van der Waals surface area contributed by atoms with Gasteiger partial charge in [-0.15, -0.1) is 0 Å². The second kappa shape index (κ2) is 3.54. The maximum atomic E-state index is 5.31. The van der Waals surface area contributed by atoms with E-state index < -0.39 is 0 Å². The Morgan fingerprint density at radius 2 is 1.77 bits per heavy atom. The highest BCUT2D eigenvalue weighted by molar-refractivity contribution is 7.81. The van der Waals surface area contributed by atoms with Gasteiger partial charge in [-0.05, 0) is 17.7 Å². The lowest BCUT2D eigenvalue weighted by atomic mass is 10.1. The minimum atomic E-state index is 0.866. The first-order valence-corrected chi connectivity index (χ1v) is 4.52. The first-order valence-electron chi connectivity index (χ1n) is 4.11. The molecule has 0 bridgehead atoms. The van der Waals surface area contributed by atoms with E-state index in [1.807, 2.05) is 48.7 Å². The number of hydrogen-bond acceptors (Lipinski definition) is 1. The molecule has 2 aromatic rings. The molecule has 1 aromatic carbocycles. The topological polar surface area (TPSA) is 15.8 Å². The van der Waals surface area contributed by atoms with Gasteiger partial charge >= 0.3 is 0 Å². The third-order valence-corrected chi connectivity index (χ3v) is 2.33. The molecule has 1 aromatic heterocycles. The maximum absolute atomic E-state index is 5.31. The molecule has 0 amide bonds. The van der Waals surface area contributed by atoms with E-state index in [9.17, 15) is 0 Å². The van der Waals surface area contributed by atoms with E-state index in [0.29, 0.717) is 0 Å². The molecule has 64 valence electrons. The molecule has 0 aliphatic carbocycles. The van der Waals surface area contributed by atoms with Crippen molar-refractivity contribution in [3.05, 3.63) is 59.9 Å². The summed E-state index contributed by atoms with van der Waals surface area (Å²) in [7, 11) is 0. The highest BCUT2D eigenvalue weighted by Gasteiger charge is 2.02. The van der Waals surface area contributed by atoms with Crippen LogP contribution >= 0.6 is 12.2 Å². The van der Waals surface area contributed by atoms with Crippen LogP contribution in [0.3, 0.4) is 0 Å². The molecule has 1 N–H and O–H groups in total. The molecule has 0 atom stereocenters. The van der Waals surface area contributed by atoms with Gasteiger partial charge < -0.3 is 4.98 Å². The van der Waals surface area contributed by atoms with E-state index in [1.165, 1.54) is 0 Å². The van der Waals surface area contributed by atoms with E-state index in [4.69, 9.17) is 12.2 Å². The Balaban J connectivity index is 2.34. The van der Waals surface area contributed by atoms with E-state index in [2.05, 4.69) is 4.98 Å². The van der Waals surface area contributed by atoms with Gasteiger partial charge in [-0.1, -0.05) is 42.5 Å². The second-order valence-corrected chi connectivity index (χ2v) is 3.19. The van der Waals surface area contributed by atoms with Crippen molar-refractivity contribution in [2.24, 2.45) is 0 Å². The Morgan fingerprint density at radius 1 is 1.00 bits per heavy atom. The Hall–Kier alpha value is -1.41. The first kappa shape index (κ1) is 8.20. The molecule has 0 spiro atoms. The summed E-state index contributed by atoms with van der Waals surface area (Å²) in [5.41, 5.74) is 2.08. The van der Waals surface area contributed by atoms with Crippen molar-refractivity contribution in [2.45, 2.75) is 0 Å². The number of rotatable bonds is 2. The lowest BCUT2D eigenvalue weighted by molar-refractivity contribution is 1.38. The lowest BCUT2D eigenvalue weighted by Crippen LogP contribution is -1.98. The maximum Gasteiger partial charge on any atom is 0.0684 e. The second-order valence-electron chi connectivity index (χ2n) is 2.78. The summed E-state index contributed by atoms with van der Waals surface area (Å²) < 4.78 is 0. The molecule has 13 heavy (non-hydrogen) atoms. The first-order chi connectivity index (χ1) is 6.38. The smallest absolute Gasteiger partial charge is 0.0684 e. The van der Waals surface area contributed by atoms with Gasteiger partial charge in [0.15, 0.2) is 0 Å². The summed E-state index contributed by atoms with van der Waals surface area (Å²) in [6.07, 6.45) is 1.88. The zero-order chi connectivity index (χ0) is 9.10. The molecule has 2 heteroatoms. The molecule has 0 saturated carbocycles. The van der Waals surface area contributed by atoms with Crippen molar-refractivity contribution < 1.29 is 0 Å². The average molecular weight is 187 g/mol. The number of H-pyrrole nitrogens is 1. The van der Waals surface area contributed by atoms with Crippen molar-refractivity contribution in [1.82, 2.24) is 4.98 Å². The fourth-order valence-electron chi connectivity index (χ4n) is 1.22. The molecule has 0 unspecified atom stereocenters. The van der Waals surface area contributed by atoms with Crippen molar-refractivity contribution >= 4 is 17.1 Å². The van der Waals surface area contributed by atoms with Crippen LogP contribution in [0, 0.1) is 0 Å². The Labute approximate surface area is 82.4 Å². The van der Waals surface area contributed by atoms with E-state index in [-0.39, 0.29) is 0 Å². The summed E-state index contributed by atoms with van der Waals surface area (Å²) in [6, 6.07) is 13.9. The molecule has 0 aliphatic rings. The number of benzene rings is 1. The van der Waals surface area contributed by atoms with Crippen LogP contribution in [0.25, 0.3) is 0 Å². The van der Waals surface area contributed by atoms with Crippen LogP contribution in [-0.4, -0.2) is 9.85 Å². The zero-order valence-electron chi connectivity index (χ0n) is 7.03. The van der Waals surface area contributed by atoms with Gasteiger partial charge in [0.25, 0.3) is 0 Å². The van der Waals surface area contributed by atoms with Gasteiger partial charge in [-0.2, -0.15) is 0 Å². The highest BCUT2D eigenvalue weighted by Crippen LogP contribution is 2.08. The Bertz CT molecular complexity index is 389. The fourth-order valence-corrected chi connectivity index (χ4v) is 1.48. The van der Waals surface area contributed by atoms with Crippen LogP contribution in [0.1, 0.15) is 11.3 Å². The third kappa shape index (κ3) is 1.68. The van der Waals surface area contributed by atoms with Crippen LogP contribution in [0.5, 0.6) is 0 Å². The summed E-state index contributed by atoms with van der Waals surface area (Å²) in [4.78, 5) is 3.96. The van der Waals surface area contributed by atoms with Crippen molar-refractivity contribution in [3.63, 3.8) is 0 Å². The average Bonchev–Trinajstić information content (AvgIpc) is 2.71. The number of aromatic amines is 1. The van der Waals surface area contributed by atoms with Gasteiger partial charge in [-0.3, -0.25) is 0 Å². The van der Waals surface area contributed by atoms with Crippen molar-refractivity contribution in [3.8, 4) is 0 Å². The monoisotopic (exact) mass is 187 g/mol. The molecule has 1 nitrogen and oxygen atoms in total. The number of nitrogens with one attached hydrogen (secondary N) is 1. The number of thiocarbonyl (C=S) groups is 1. The van der Waals surface area contributed by atoms with Crippen LogP contribution in [-0.2, 0) is 0 Å². The molecular formula is C11H9NS. The van der Waals surface area contributed by atoms with E-state index in [1.54, 1.807) is 0 Å². The van der Waals surface area contributed by atoms with Gasteiger partial charge in [0.1, 0.15) is 0 Å². The van der Waals surface area contributed by atoms with Gasteiger partial charge in [0, 0.05) is 6.20 Å². The minimum Gasteiger partial charge on any atom is -0.360 e. The predicted molar refractivity (Wildman–Crippen MR) is 58.0 cm³/mol. The zero-order valence-corrected chi connectivity index (χ0v) is 7.84. The molecule has 0 aliphatic heterocycles.